The Morgan fingerprint density at radius 3 is 2.48 bits per heavy atom. The lowest BCUT2D eigenvalue weighted by Gasteiger charge is -2.12. The lowest BCUT2D eigenvalue weighted by Crippen LogP contribution is -2.14. The van der Waals surface area contributed by atoms with E-state index in [1.165, 1.54) is 11.3 Å². The van der Waals surface area contributed by atoms with Crippen LogP contribution in [0.3, 0.4) is 0 Å². The van der Waals surface area contributed by atoms with Gasteiger partial charge < -0.3 is 15.1 Å². The van der Waals surface area contributed by atoms with Gasteiger partial charge in [0.1, 0.15) is 6.29 Å². The van der Waals surface area contributed by atoms with E-state index in [2.05, 4.69) is 47.9 Å². The fraction of sp³-hybridized carbons (Fsp3) is 0.250. The van der Waals surface area contributed by atoms with Gasteiger partial charge >= 0.3 is 0 Å². The first-order valence-electron chi connectivity index (χ1n) is 8.11. The number of aromatic nitrogens is 1. The molecule has 1 atom stereocenters. The van der Waals surface area contributed by atoms with Crippen LogP contribution in [0.25, 0.3) is 10.9 Å². The molecular weight excluding hydrogens is 284 g/mol. The van der Waals surface area contributed by atoms with E-state index in [9.17, 15) is 4.79 Å². The summed E-state index contributed by atoms with van der Waals surface area (Å²) in [6.07, 6.45) is 2.66. The van der Waals surface area contributed by atoms with Crippen molar-refractivity contribution in [1.29, 1.82) is 0 Å². The number of carbonyl (C=O) groups is 1. The number of aldehydes is 1. The highest BCUT2D eigenvalue weighted by molar-refractivity contribution is 5.88. The van der Waals surface area contributed by atoms with Gasteiger partial charge in [-0.15, -0.1) is 0 Å². The van der Waals surface area contributed by atoms with E-state index < -0.39 is 6.04 Å². The minimum Gasteiger partial charge on any atom is -0.344 e. The second-order valence-electron chi connectivity index (χ2n) is 5.78. The molecule has 3 nitrogen and oxygen atoms in total. The standard InChI is InChI=1S/C20H22N2O/c1-2-18-20(17(21)14-23)16-10-6-7-11-19(16)22(18)13-12-15-8-4-3-5-9-15/h3-11,14,17H,2,12-13,21H2,1H3. The molecule has 0 amide bonds. The monoisotopic (exact) mass is 306 g/mol. The van der Waals surface area contributed by atoms with Crippen molar-refractivity contribution in [1.82, 2.24) is 4.57 Å². The third-order valence-corrected chi connectivity index (χ3v) is 4.40. The minimum atomic E-state index is -0.562. The lowest BCUT2D eigenvalue weighted by molar-refractivity contribution is -0.109. The van der Waals surface area contributed by atoms with Crippen LogP contribution in [0, 0.1) is 0 Å². The first kappa shape index (κ1) is 15.5. The topological polar surface area (TPSA) is 48.0 Å². The summed E-state index contributed by atoms with van der Waals surface area (Å²) in [5, 5.41) is 1.09. The van der Waals surface area contributed by atoms with E-state index in [-0.39, 0.29) is 0 Å². The quantitative estimate of drug-likeness (QED) is 0.707. The van der Waals surface area contributed by atoms with E-state index >= 15 is 0 Å². The maximum absolute atomic E-state index is 11.3. The van der Waals surface area contributed by atoms with Crippen LogP contribution in [0.4, 0.5) is 0 Å². The molecule has 1 heterocycles. The molecule has 2 N–H and O–H groups in total. The molecule has 118 valence electrons. The van der Waals surface area contributed by atoms with Gasteiger partial charge in [0.15, 0.2) is 0 Å². The molecule has 1 aromatic heterocycles. The zero-order valence-corrected chi connectivity index (χ0v) is 13.4. The van der Waals surface area contributed by atoms with Crippen LogP contribution >= 0.6 is 0 Å². The van der Waals surface area contributed by atoms with Crippen LogP contribution in [0.15, 0.2) is 54.6 Å². The highest BCUT2D eigenvalue weighted by atomic mass is 16.1. The molecule has 23 heavy (non-hydrogen) atoms. The molecule has 0 saturated carbocycles. The molecule has 0 aliphatic carbocycles. The molecule has 0 bridgehead atoms. The van der Waals surface area contributed by atoms with Crippen molar-refractivity contribution in [2.45, 2.75) is 32.4 Å². The van der Waals surface area contributed by atoms with Crippen molar-refractivity contribution in [3.8, 4) is 0 Å². The van der Waals surface area contributed by atoms with Crippen molar-refractivity contribution in [2.24, 2.45) is 5.73 Å². The summed E-state index contributed by atoms with van der Waals surface area (Å²) < 4.78 is 2.32. The second kappa shape index (κ2) is 6.80. The third-order valence-electron chi connectivity index (χ3n) is 4.40. The Hall–Kier alpha value is -2.39. The first-order valence-corrected chi connectivity index (χ1v) is 8.11. The smallest absolute Gasteiger partial charge is 0.141 e. The van der Waals surface area contributed by atoms with Gasteiger partial charge in [-0.25, -0.2) is 0 Å². The number of benzene rings is 2. The van der Waals surface area contributed by atoms with E-state index in [0.717, 1.165) is 42.1 Å². The molecule has 3 rings (SSSR count). The predicted molar refractivity (Wildman–Crippen MR) is 94.5 cm³/mol. The Morgan fingerprint density at radius 2 is 1.78 bits per heavy atom. The Morgan fingerprint density at radius 1 is 1.09 bits per heavy atom. The Labute approximate surface area is 136 Å². The average Bonchev–Trinajstić information content (AvgIpc) is 2.93. The van der Waals surface area contributed by atoms with Crippen molar-refractivity contribution < 1.29 is 4.79 Å². The van der Waals surface area contributed by atoms with E-state index in [0.29, 0.717) is 0 Å². The Balaban J connectivity index is 2.06. The van der Waals surface area contributed by atoms with Gasteiger partial charge in [0.2, 0.25) is 0 Å². The second-order valence-corrected chi connectivity index (χ2v) is 5.78. The SMILES string of the molecule is CCc1c(C(N)C=O)c2ccccc2n1CCc1ccccc1. The molecule has 0 aliphatic heterocycles. The molecular formula is C20H22N2O. The Kier molecular flexibility index (Phi) is 4.58. The van der Waals surface area contributed by atoms with Crippen molar-refractivity contribution >= 4 is 17.2 Å². The largest absolute Gasteiger partial charge is 0.344 e. The number of aryl methyl sites for hydroxylation is 2. The zero-order chi connectivity index (χ0) is 16.2. The van der Waals surface area contributed by atoms with Gasteiger partial charge in [-0.1, -0.05) is 55.5 Å². The summed E-state index contributed by atoms with van der Waals surface area (Å²) in [7, 11) is 0. The Bertz CT molecular complexity index is 805. The number of para-hydroxylation sites is 1. The summed E-state index contributed by atoms with van der Waals surface area (Å²) in [6, 6.07) is 18.1. The molecule has 0 fully saturated rings. The molecule has 3 aromatic rings. The summed E-state index contributed by atoms with van der Waals surface area (Å²) in [5.74, 6) is 0. The maximum atomic E-state index is 11.3. The van der Waals surface area contributed by atoms with Crippen molar-refractivity contribution in [2.75, 3.05) is 0 Å². The van der Waals surface area contributed by atoms with Gasteiger partial charge in [0, 0.05) is 28.7 Å². The van der Waals surface area contributed by atoms with Crippen LogP contribution in [0.2, 0.25) is 0 Å². The zero-order valence-electron chi connectivity index (χ0n) is 13.4. The number of carbonyl (C=O) groups excluding carboxylic acids is 1. The molecule has 0 radical (unpaired) electrons. The van der Waals surface area contributed by atoms with Crippen LogP contribution < -0.4 is 5.73 Å². The molecule has 2 aromatic carbocycles. The average molecular weight is 306 g/mol. The summed E-state index contributed by atoms with van der Waals surface area (Å²) in [5.41, 5.74) is 10.7. The fourth-order valence-electron chi connectivity index (χ4n) is 3.35. The van der Waals surface area contributed by atoms with Crippen molar-refractivity contribution in [3.05, 3.63) is 71.4 Å². The van der Waals surface area contributed by atoms with Crippen molar-refractivity contribution in [3.63, 3.8) is 0 Å². The summed E-state index contributed by atoms with van der Waals surface area (Å²) in [6.45, 7) is 3.01. The van der Waals surface area contributed by atoms with Crippen LogP contribution in [0.1, 0.15) is 29.8 Å². The first-order chi connectivity index (χ1) is 11.3. The fourth-order valence-corrected chi connectivity index (χ4v) is 3.35. The summed E-state index contributed by atoms with van der Waals surface area (Å²) in [4.78, 5) is 11.3. The van der Waals surface area contributed by atoms with E-state index in [1.54, 1.807) is 0 Å². The number of hydrogen-bond donors (Lipinski definition) is 1. The molecule has 3 heteroatoms. The van der Waals surface area contributed by atoms with Crippen LogP contribution in [0.5, 0.6) is 0 Å². The van der Waals surface area contributed by atoms with Crippen LogP contribution in [-0.2, 0) is 24.2 Å². The highest BCUT2D eigenvalue weighted by Crippen LogP contribution is 2.30. The van der Waals surface area contributed by atoms with E-state index in [1.807, 2.05) is 18.2 Å². The number of nitrogens with zero attached hydrogens (tertiary/aromatic N) is 1. The molecule has 0 spiro atoms. The number of hydrogen-bond acceptors (Lipinski definition) is 2. The number of fused-ring (bicyclic) bond motifs is 1. The lowest BCUT2D eigenvalue weighted by atomic mass is 10.0. The highest BCUT2D eigenvalue weighted by Gasteiger charge is 2.19. The third kappa shape index (κ3) is 2.92. The van der Waals surface area contributed by atoms with Gasteiger partial charge in [0.25, 0.3) is 0 Å². The van der Waals surface area contributed by atoms with Gasteiger partial charge in [-0.05, 0) is 24.5 Å². The van der Waals surface area contributed by atoms with Crippen LogP contribution in [-0.4, -0.2) is 10.9 Å². The summed E-state index contributed by atoms with van der Waals surface area (Å²) >= 11 is 0. The molecule has 0 saturated heterocycles. The molecule has 0 aliphatic rings. The molecule has 1 unspecified atom stereocenters. The van der Waals surface area contributed by atoms with Gasteiger partial charge in [0.05, 0.1) is 6.04 Å². The predicted octanol–water partition coefficient (Wildman–Crippen LogP) is 3.65. The number of rotatable bonds is 6. The van der Waals surface area contributed by atoms with Gasteiger partial charge in [-0.2, -0.15) is 0 Å². The normalized spacial score (nSPS) is 12.4. The maximum Gasteiger partial charge on any atom is 0.141 e. The van der Waals surface area contributed by atoms with E-state index in [4.69, 9.17) is 5.73 Å². The van der Waals surface area contributed by atoms with Gasteiger partial charge in [-0.3, -0.25) is 0 Å². The number of nitrogens with two attached hydrogens (primary N) is 1. The minimum absolute atomic E-state index is 0.562.